The van der Waals surface area contributed by atoms with Crippen LogP contribution in [0.2, 0.25) is 0 Å². The molecule has 0 saturated heterocycles. The number of alkyl halides is 3. The molecule has 2 nitrogen and oxygen atoms in total. The van der Waals surface area contributed by atoms with Crippen LogP contribution < -0.4 is 4.90 Å². The van der Waals surface area contributed by atoms with Gasteiger partial charge in [-0.05, 0) is 30.7 Å². The number of benzene rings is 1. The fourth-order valence-electron chi connectivity index (χ4n) is 1.18. The molecule has 1 amide bonds. The van der Waals surface area contributed by atoms with Crippen molar-refractivity contribution in [2.75, 3.05) is 11.9 Å². The maximum Gasteiger partial charge on any atom is 0.471 e. The zero-order chi connectivity index (χ0) is 11.6. The molecule has 0 bridgehead atoms. The molecule has 0 heterocycles. The van der Waals surface area contributed by atoms with E-state index in [0.717, 1.165) is 7.05 Å². The van der Waals surface area contributed by atoms with Gasteiger partial charge in [-0.3, -0.25) is 4.79 Å². The fraction of sp³-hybridized carbons (Fsp3) is 0.300. The molecule has 15 heavy (non-hydrogen) atoms. The van der Waals surface area contributed by atoms with E-state index in [1.807, 2.05) is 0 Å². The molecule has 1 rings (SSSR count). The van der Waals surface area contributed by atoms with Gasteiger partial charge in [-0.2, -0.15) is 13.2 Å². The van der Waals surface area contributed by atoms with Crippen molar-refractivity contribution in [1.29, 1.82) is 0 Å². The molecule has 0 aliphatic carbocycles. The largest absolute Gasteiger partial charge is 0.471 e. The molecule has 0 unspecified atom stereocenters. The number of rotatable bonds is 1. The van der Waals surface area contributed by atoms with E-state index >= 15 is 0 Å². The van der Waals surface area contributed by atoms with Crippen LogP contribution in [0.5, 0.6) is 0 Å². The van der Waals surface area contributed by atoms with Gasteiger partial charge >= 0.3 is 12.1 Å². The van der Waals surface area contributed by atoms with Crippen LogP contribution in [0.15, 0.2) is 18.2 Å². The molecule has 81 valence electrons. The number of aryl methyl sites for hydroxylation is 1. The van der Waals surface area contributed by atoms with Gasteiger partial charge < -0.3 is 4.90 Å². The minimum atomic E-state index is -4.85. The van der Waals surface area contributed by atoms with Crippen LogP contribution in [-0.4, -0.2) is 19.1 Å². The average molecular weight is 216 g/mol. The maximum absolute atomic E-state index is 12.1. The highest BCUT2D eigenvalue weighted by Gasteiger charge is 2.41. The SMILES string of the molecule is Cc1c[c]ccc1N(C)C(=O)C(F)(F)F. The van der Waals surface area contributed by atoms with Crippen LogP contribution >= 0.6 is 0 Å². The lowest BCUT2D eigenvalue weighted by atomic mass is 10.2. The van der Waals surface area contributed by atoms with E-state index in [1.54, 1.807) is 6.92 Å². The zero-order valence-corrected chi connectivity index (χ0v) is 8.22. The van der Waals surface area contributed by atoms with Crippen molar-refractivity contribution in [1.82, 2.24) is 0 Å². The molecule has 1 aromatic rings. The van der Waals surface area contributed by atoms with Crippen LogP contribution in [0, 0.1) is 13.0 Å². The Bertz CT molecular complexity index is 373. The second-order valence-corrected chi connectivity index (χ2v) is 3.07. The Balaban J connectivity index is 3.01. The van der Waals surface area contributed by atoms with E-state index in [0.29, 0.717) is 10.5 Å². The first-order valence-electron chi connectivity index (χ1n) is 4.15. The summed E-state index contributed by atoms with van der Waals surface area (Å²) in [4.78, 5) is 11.5. The lowest BCUT2D eigenvalue weighted by molar-refractivity contribution is -0.170. The minimum Gasteiger partial charge on any atom is -0.307 e. The normalized spacial score (nSPS) is 11.3. The minimum absolute atomic E-state index is 0.232. The number of carbonyl (C=O) groups excluding carboxylic acids is 1. The molecule has 0 atom stereocenters. The average Bonchev–Trinajstić information content (AvgIpc) is 2.15. The van der Waals surface area contributed by atoms with Crippen LogP contribution in [0.3, 0.4) is 0 Å². The Morgan fingerprint density at radius 3 is 2.53 bits per heavy atom. The predicted molar refractivity (Wildman–Crippen MR) is 49.5 cm³/mol. The smallest absolute Gasteiger partial charge is 0.307 e. The Morgan fingerprint density at radius 2 is 2.07 bits per heavy atom. The van der Waals surface area contributed by atoms with E-state index in [2.05, 4.69) is 6.07 Å². The zero-order valence-electron chi connectivity index (χ0n) is 8.22. The summed E-state index contributed by atoms with van der Waals surface area (Å²) < 4.78 is 36.4. The van der Waals surface area contributed by atoms with Gasteiger partial charge in [0.15, 0.2) is 0 Å². The molecular weight excluding hydrogens is 207 g/mol. The number of hydrogen-bond acceptors (Lipinski definition) is 1. The van der Waals surface area contributed by atoms with Crippen LogP contribution in [0.4, 0.5) is 18.9 Å². The predicted octanol–water partition coefficient (Wildman–Crippen LogP) is 2.32. The fourth-order valence-corrected chi connectivity index (χ4v) is 1.18. The lowest BCUT2D eigenvalue weighted by Crippen LogP contribution is -2.38. The Hall–Kier alpha value is -1.52. The first kappa shape index (κ1) is 11.6. The summed E-state index contributed by atoms with van der Waals surface area (Å²) in [5.41, 5.74) is 0.800. The Kier molecular flexibility index (Phi) is 3.02. The van der Waals surface area contributed by atoms with Gasteiger partial charge in [-0.1, -0.05) is 6.07 Å². The summed E-state index contributed by atoms with van der Waals surface area (Å²) in [6.07, 6.45) is -4.85. The number of anilines is 1. The second kappa shape index (κ2) is 3.92. The molecule has 0 aliphatic rings. The van der Waals surface area contributed by atoms with E-state index in [1.165, 1.54) is 18.2 Å². The summed E-state index contributed by atoms with van der Waals surface area (Å²) in [6, 6.07) is 7.11. The van der Waals surface area contributed by atoms with Crippen molar-refractivity contribution < 1.29 is 18.0 Å². The molecular formula is C10H9F3NO. The first-order chi connectivity index (χ1) is 6.84. The molecule has 1 aromatic carbocycles. The highest BCUT2D eigenvalue weighted by atomic mass is 19.4. The molecule has 5 heteroatoms. The van der Waals surface area contributed by atoms with Crippen molar-refractivity contribution in [3.05, 3.63) is 29.8 Å². The highest BCUT2D eigenvalue weighted by molar-refractivity contribution is 5.97. The van der Waals surface area contributed by atoms with E-state index in [-0.39, 0.29) is 5.69 Å². The van der Waals surface area contributed by atoms with Gasteiger partial charge in [0.05, 0.1) is 0 Å². The molecule has 1 radical (unpaired) electrons. The van der Waals surface area contributed by atoms with Crippen LogP contribution in [-0.2, 0) is 4.79 Å². The number of halogens is 3. The van der Waals surface area contributed by atoms with Crippen molar-refractivity contribution in [2.24, 2.45) is 0 Å². The topological polar surface area (TPSA) is 20.3 Å². The third-order valence-electron chi connectivity index (χ3n) is 1.95. The maximum atomic E-state index is 12.1. The van der Waals surface area contributed by atoms with Gasteiger partial charge in [0, 0.05) is 12.7 Å². The number of hydrogen-bond donors (Lipinski definition) is 0. The third-order valence-corrected chi connectivity index (χ3v) is 1.95. The second-order valence-electron chi connectivity index (χ2n) is 3.07. The van der Waals surface area contributed by atoms with Crippen LogP contribution in [0.25, 0.3) is 0 Å². The molecule has 0 spiro atoms. The molecule has 0 fully saturated rings. The molecule has 0 N–H and O–H groups in total. The van der Waals surface area contributed by atoms with Crippen LogP contribution in [0.1, 0.15) is 5.56 Å². The van der Waals surface area contributed by atoms with Crippen molar-refractivity contribution in [2.45, 2.75) is 13.1 Å². The number of nitrogens with zero attached hydrogens (tertiary/aromatic N) is 1. The van der Waals surface area contributed by atoms with Crippen molar-refractivity contribution in [3.8, 4) is 0 Å². The summed E-state index contributed by atoms with van der Waals surface area (Å²) >= 11 is 0. The summed E-state index contributed by atoms with van der Waals surface area (Å²) in [7, 11) is 1.10. The van der Waals surface area contributed by atoms with Gasteiger partial charge in [-0.15, -0.1) is 0 Å². The Labute approximate surface area is 85.3 Å². The summed E-state index contributed by atoms with van der Waals surface area (Å²) in [5, 5.41) is 0. The quantitative estimate of drug-likeness (QED) is 0.705. The van der Waals surface area contributed by atoms with Crippen molar-refractivity contribution >= 4 is 11.6 Å². The van der Waals surface area contributed by atoms with E-state index in [4.69, 9.17) is 0 Å². The number of amides is 1. The van der Waals surface area contributed by atoms with Gasteiger partial charge in [0.1, 0.15) is 0 Å². The van der Waals surface area contributed by atoms with Crippen molar-refractivity contribution in [3.63, 3.8) is 0 Å². The first-order valence-corrected chi connectivity index (χ1v) is 4.15. The monoisotopic (exact) mass is 216 g/mol. The lowest BCUT2D eigenvalue weighted by Gasteiger charge is -2.20. The Morgan fingerprint density at radius 1 is 1.47 bits per heavy atom. The number of carbonyl (C=O) groups is 1. The van der Waals surface area contributed by atoms with E-state index < -0.39 is 12.1 Å². The molecule has 0 aromatic heterocycles. The summed E-state index contributed by atoms with van der Waals surface area (Å²) in [5.74, 6) is -1.88. The third kappa shape index (κ3) is 2.49. The van der Waals surface area contributed by atoms with Gasteiger partial charge in [0.25, 0.3) is 0 Å². The standard InChI is InChI=1S/C10H9F3NO/c1-7-5-3-4-6-8(7)14(2)9(15)10(11,12)13/h4-6H,1-2H3. The highest BCUT2D eigenvalue weighted by Crippen LogP contribution is 2.24. The van der Waals surface area contributed by atoms with Gasteiger partial charge in [0.2, 0.25) is 0 Å². The van der Waals surface area contributed by atoms with Gasteiger partial charge in [-0.25, -0.2) is 0 Å². The molecule has 0 aliphatic heterocycles. The van der Waals surface area contributed by atoms with E-state index in [9.17, 15) is 18.0 Å². The summed E-state index contributed by atoms with van der Waals surface area (Å²) in [6.45, 7) is 1.62. The molecule has 0 saturated carbocycles.